The molecule has 1 aromatic carbocycles. The van der Waals surface area contributed by atoms with Crippen LogP contribution in [-0.4, -0.2) is 31.1 Å². The summed E-state index contributed by atoms with van der Waals surface area (Å²) in [5.41, 5.74) is 1.51. The molecule has 0 aliphatic heterocycles. The van der Waals surface area contributed by atoms with Crippen LogP contribution in [0, 0.1) is 0 Å². The maximum Gasteiger partial charge on any atom is 0.212 e. The molecule has 0 radical (unpaired) electrons. The molecule has 2 rings (SSSR count). The number of aromatic nitrogens is 4. The van der Waals surface area contributed by atoms with Crippen LogP contribution in [0.25, 0.3) is 0 Å². The van der Waals surface area contributed by atoms with E-state index >= 15 is 0 Å². The van der Waals surface area contributed by atoms with Gasteiger partial charge in [0.15, 0.2) is 6.61 Å². The fourth-order valence-electron chi connectivity index (χ4n) is 1.61. The van der Waals surface area contributed by atoms with Gasteiger partial charge in [0.25, 0.3) is 0 Å². The number of hydrogen-bond donors (Lipinski definition) is 1. The Morgan fingerprint density at radius 3 is 2.63 bits per heavy atom. The number of rotatable bonds is 5. The molecule has 0 aliphatic carbocycles. The third-order valence-corrected chi connectivity index (χ3v) is 2.56. The van der Waals surface area contributed by atoms with E-state index < -0.39 is 0 Å². The fourth-order valence-corrected chi connectivity index (χ4v) is 1.61. The minimum Gasteiger partial charge on any atom is -0.485 e. The standard InChI is InChI=1S/C12H15N5O2/c1-3-11(15-18)9-4-6-10(7-5-9)19-8-12-13-16-17(2)14-12/h4-7,18H,3,8H2,1-2H3/b15-11-. The third kappa shape index (κ3) is 3.27. The van der Waals surface area contributed by atoms with E-state index in [9.17, 15) is 0 Å². The van der Waals surface area contributed by atoms with Crippen molar-refractivity contribution in [1.82, 2.24) is 20.2 Å². The van der Waals surface area contributed by atoms with Crippen LogP contribution in [0.3, 0.4) is 0 Å². The molecule has 0 unspecified atom stereocenters. The molecule has 2 aromatic rings. The van der Waals surface area contributed by atoms with Crippen molar-refractivity contribution in [3.8, 4) is 5.75 Å². The van der Waals surface area contributed by atoms with Crippen molar-refractivity contribution in [2.75, 3.05) is 0 Å². The maximum absolute atomic E-state index is 8.83. The van der Waals surface area contributed by atoms with Crippen molar-refractivity contribution < 1.29 is 9.94 Å². The number of ether oxygens (including phenoxy) is 1. The second-order valence-corrected chi connectivity index (χ2v) is 3.91. The zero-order valence-electron chi connectivity index (χ0n) is 10.8. The van der Waals surface area contributed by atoms with Crippen LogP contribution in [0.2, 0.25) is 0 Å². The summed E-state index contributed by atoms with van der Waals surface area (Å²) in [4.78, 5) is 1.38. The first-order chi connectivity index (χ1) is 9.22. The van der Waals surface area contributed by atoms with Gasteiger partial charge >= 0.3 is 0 Å². The average molecular weight is 261 g/mol. The highest BCUT2D eigenvalue weighted by molar-refractivity contribution is 6.00. The van der Waals surface area contributed by atoms with Crippen LogP contribution in [0.15, 0.2) is 29.4 Å². The summed E-state index contributed by atoms with van der Waals surface area (Å²) in [6, 6.07) is 7.31. The van der Waals surface area contributed by atoms with Gasteiger partial charge in [0.05, 0.1) is 12.8 Å². The van der Waals surface area contributed by atoms with Crippen molar-refractivity contribution in [3.05, 3.63) is 35.7 Å². The molecule has 0 fully saturated rings. The molecule has 100 valence electrons. The summed E-state index contributed by atoms with van der Waals surface area (Å²) in [6.45, 7) is 2.20. The molecule has 0 saturated carbocycles. The van der Waals surface area contributed by atoms with Gasteiger partial charge < -0.3 is 9.94 Å². The zero-order valence-corrected chi connectivity index (χ0v) is 10.8. The number of oxime groups is 1. The van der Waals surface area contributed by atoms with Gasteiger partial charge in [0.2, 0.25) is 5.82 Å². The van der Waals surface area contributed by atoms with E-state index in [-0.39, 0.29) is 6.61 Å². The quantitative estimate of drug-likeness (QED) is 0.499. The predicted molar refractivity (Wildman–Crippen MR) is 68.2 cm³/mol. The first-order valence-corrected chi connectivity index (χ1v) is 5.90. The molecule has 0 amide bonds. The molecule has 1 N–H and O–H groups in total. The van der Waals surface area contributed by atoms with Gasteiger partial charge in [-0.2, -0.15) is 4.80 Å². The van der Waals surface area contributed by atoms with Crippen molar-refractivity contribution in [1.29, 1.82) is 0 Å². The summed E-state index contributed by atoms with van der Waals surface area (Å²) in [5.74, 6) is 1.22. The van der Waals surface area contributed by atoms with Gasteiger partial charge in [-0.25, -0.2) is 0 Å². The monoisotopic (exact) mass is 261 g/mol. The summed E-state index contributed by atoms with van der Waals surface area (Å²) >= 11 is 0. The molecule has 0 bridgehead atoms. The van der Waals surface area contributed by atoms with Crippen LogP contribution in [0.1, 0.15) is 24.7 Å². The summed E-state index contributed by atoms with van der Waals surface area (Å²) in [5, 5.41) is 23.6. The highest BCUT2D eigenvalue weighted by Crippen LogP contribution is 2.14. The van der Waals surface area contributed by atoms with Gasteiger partial charge in [-0.1, -0.05) is 12.1 Å². The Balaban J connectivity index is 1.99. The lowest BCUT2D eigenvalue weighted by molar-refractivity contribution is 0.295. The maximum atomic E-state index is 8.83. The minimum atomic E-state index is 0.266. The van der Waals surface area contributed by atoms with Crippen LogP contribution in [0.4, 0.5) is 0 Å². The van der Waals surface area contributed by atoms with Gasteiger partial charge in [0, 0.05) is 0 Å². The van der Waals surface area contributed by atoms with Crippen molar-refractivity contribution in [3.63, 3.8) is 0 Å². The van der Waals surface area contributed by atoms with Crippen molar-refractivity contribution in [2.45, 2.75) is 20.0 Å². The lowest BCUT2D eigenvalue weighted by atomic mass is 10.1. The second-order valence-electron chi connectivity index (χ2n) is 3.91. The van der Waals surface area contributed by atoms with Crippen LogP contribution < -0.4 is 4.74 Å². The highest BCUT2D eigenvalue weighted by Gasteiger charge is 2.04. The van der Waals surface area contributed by atoms with Gasteiger partial charge in [-0.05, 0) is 41.5 Å². The third-order valence-electron chi connectivity index (χ3n) is 2.56. The molecule has 7 nitrogen and oxygen atoms in total. The highest BCUT2D eigenvalue weighted by atomic mass is 16.5. The topological polar surface area (TPSA) is 85.4 Å². The molecule has 1 aromatic heterocycles. The lowest BCUT2D eigenvalue weighted by Gasteiger charge is -2.05. The number of nitrogens with zero attached hydrogens (tertiary/aromatic N) is 5. The van der Waals surface area contributed by atoms with Gasteiger partial charge in [-0.15, -0.1) is 10.2 Å². The Morgan fingerprint density at radius 2 is 2.11 bits per heavy atom. The first-order valence-electron chi connectivity index (χ1n) is 5.90. The van der Waals surface area contributed by atoms with Crippen LogP contribution >= 0.6 is 0 Å². The summed E-state index contributed by atoms with van der Waals surface area (Å²) in [7, 11) is 1.70. The molecule has 0 atom stereocenters. The molecule has 19 heavy (non-hydrogen) atoms. The van der Waals surface area contributed by atoms with E-state index in [4.69, 9.17) is 9.94 Å². The Labute approximate surface area is 110 Å². The lowest BCUT2D eigenvalue weighted by Crippen LogP contribution is -2.01. The van der Waals surface area contributed by atoms with Crippen molar-refractivity contribution >= 4 is 5.71 Å². The Bertz CT molecular complexity index is 562. The molecule has 0 spiro atoms. The predicted octanol–water partition coefficient (Wildman–Crippen LogP) is 1.38. The Morgan fingerprint density at radius 1 is 1.37 bits per heavy atom. The zero-order chi connectivity index (χ0) is 13.7. The fraction of sp³-hybridized carbons (Fsp3) is 0.333. The SMILES string of the molecule is CC/C(=N/O)c1ccc(OCc2nnn(C)n2)cc1. The average Bonchev–Trinajstić information content (AvgIpc) is 2.85. The molecule has 7 heteroatoms. The van der Waals surface area contributed by atoms with E-state index in [1.165, 1.54) is 4.80 Å². The first kappa shape index (κ1) is 13.0. The molecule has 0 aliphatic rings. The molecule has 0 saturated heterocycles. The normalized spacial score (nSPS) is 11.6. The largest absolute Gasteiger partial charge is 0.485 e. The van der Waals surface area contributed by atoms with Crippen molar-refractivity contribution in [2.24, 2.45) is 12.2 Å². The minimum absolute atomic E-state index is 0.266. The number of hydrogen-bond acceptors (Lipinski definition) is 6. The number of aryl methyl sites for hydroxylation is 1. The Kier molecular flexibility index (Phi) is 4.07. The van der Waals surface area contributed by atoms with Crippen LogP contribution in [-0.2, 0) is 13.7 Å². The van der Waals surface area contributed by atoms with E-state index in [0.717, 1.165) is 5.56 Å². The van der Waals surface area contributed by atoms with E-state index in [1.807, 2.05) is 31.2 Å². The molecular formula is C12H15N5O2. The van der Waals surface area contributed by atoms with E-state index in [0.29, 0.717) is 23.7 Å². The molecule has 1 heterocycles. The smallest absolute Gasteiger partial charge is 0.212 e. The van der Waals surface area contributed by atoms with Crippen LogP contribution in [0.5, 0.6) is 5.75 Å². The van der Waals surface area contributed by atoms with E-state index in [2.05, 4.69) is 20.6 Å². The van der Waals surface area contributed by atoms with Gasteiger partial charge in [0.1, 0.15) is 5.75 Å². The summed E-state index contributed by atoms with van der Waals surface area (Å²) in [6.07, 6.45) is 0.667. The van der Waals surface area contributed by atoms with Gasteiger partial charge in [-0.3, -0.25) is 0 Å². The second kappa shape index (κ2) is 5.94. The Hall–Kier alpha value is -2.44. The van der Waals surface area contributed by atoms with E-state index in [1.54, 1.807) is 7.05 Å². The number of tetrazole rings is 1. The summed E-state index contributed by atoms with van der Waals surface area (Å²) < 4.78 is 5.53. The molecular weight excluding hydrogens is 246 g/mol. The number of benzene rings is 1.